The van der Waals surface area contributed by atoms with Crippen LogP contribution in [0.5, 0.6) is 11.5 Å². The van der Waals surface area contributed by atoms with Gasteiger partial charge in [0.2, 0.25) is 0 Å². The molecule has 0 heterocycles. The number of esters is 1. The summed E-state index contributed by atoms with van der Waals surface area (Å²) in [6.07, 6.45) is 1.12. The predicted octanol–water partition coefficient (Wildman–Crippen LogP) is 2.78. The molecule has 0 radical (unpaired) electrons. The Hall–Kier alpha value is -1.71. The Morgan fingerprint density at radius 1 is 1.32 bits per heavy atom. The number of phenols is 1. The Morgan fingerprint density at radius 2 is 2.00 bits per heavy atom. The van der Waals surface area contributed by atoms with Crippen LogP contribution in [0.3, 0.4) is 0 Å². The molecule has 19 heavy (non-hydrogen) atoms. The second-order valence-electron chi connectivity index (χ2n) is 4.99. The van der Waals surface area contributed by atoms with Crippen molar-refractivity contribution in [1.82, 2.24) is 0 Å². The summed E-state index contributed by atoms with van der Waals surface area (Å²) in [7, 11) is 2.92. The lowest BCUT2D eigenvalue weighted by molar-refractivity contribution is -0.142. The van der Waals surface area contributed by atoms with Crippen LogP contribution in [0.25, 0.3) is 0 Å². The van der Waals surface area contributed by atoms with Crippen molar-refractivity contribution in [2.75, 3.05) is 14.2 Å². The van der Waals surface area contributed by atoms with Gasteiger partial charge in [-0.1, -0.05) is 19.9 Å². The van der Waals surface area contributed by atoms with Crippen molar-refractivity contribution >= 4 is 5.97 Å². The fourth-order valence-corrected chi connectivity index (χ4v) is 2.01. The van der Waals surface area contributed by atoms with Gasteiger partial charge >= 0.3 is 5.97 Å². The van der Waals surface area contributed by atoms with Crippen molar-refractivity contribution in [2.45, 2.75) is 26.7 Å². The first-order chi connectivity index (χ1) is 8.97. The lowest BCUT2D eigenvalue weighted by Crippen LogP contribution is -2.17. The standard InChI is InChI=1S/C15H22O4/c1-10(2)12(9-15(17)19-4)7-11-5-6-14(18-3)13(16)8-11/h5-6,8,10,12,16H,7,9H2,1-4H3. The number of hydrogen-bond acceptors (Lipinski definition) is 4. The fourth-order valence-electron chi connectivity index (χ4n) is 2.01. The minimum atomic E-state index is -0.198. The molecule has 0 aliphatic carbocycles. The molecule has 1 aromatic carbocycles. The highest BCUT2D eigenvalue weighted by molar-refractivity contribution is 5.69. The normalized spacial score (nSPS) is 12.3. The molecule has 1 rings (SSSR count). The van der Waals surface area contributed by atoms with Gasteiger partial charge in [0.25, 0.3) is 0 Å². The van der Waals surface area contributed by atoms with Gasteiger partial charge in [-0.2, -0.15) is 0 Å². The van der Waals surface area contributed by atoms with E-state index in [9.17, 15) is 9.90 Å². The van der Waals surface area contributed by atoms with Crippen LogP contribution in [0, 0.1) is 11.8 Å². The Bertz CT molecular complexity index is 426. The highest BCUT2D eigenvalue weighted by Gasteiger charge is 2.19. The van der Waals surface area contributed by atoms with Crippen LogP contribution in [-0.4, -0.2) is 25.3 Å². The average Bonchev–Trinajstić information content (AvgIpc) is 2.37. The Balaban J connectivity index is 2.79. The maximum atomic E-state index is 11.4. The summed E-state index contributed by atoms with van der Waals surface area (Å²) in [6.45, 7) is 4.16. The van der Waals surface area contributed by atoms with E-state index < -0.39 is 0 Å². The molecular weight excluding hydrogens is 244 g/mol. The zero-order valence-corrected chi connectivity index (χ0v) is 12.0. The Morgan fingerprint density at radius 3 is 2.47 bits per heavy atom. The van der Waals surface area contributed by atoms with Crippen LogP contribution in [0.15, 0.2) is 18.2 Å². The minimum absolute atomic E-state index is 0.126. The summed E-state index contributed by atoms with van der Waals surface area (Å²) in [5.74, 6) is 0.943. The molecule has 106 valence electrons. The SMILES string of the molecule is COC(=O)CC(Cc1ccc(OC)c(O)c1)C(C)C. The summed E-state index contributed by atoms with van der Waals surface area (Å²) >= 11 is 0. The highest BCUT2D eigenvalue weighted by atomic mass is 16.5. The molecule has 0 fully saturated rings. The predicted molar refractivity (Wildman–Crippen MR) is 73.3 cm³/mol. The molecule has 0 saturated heterocycles. The average molecular weight is 266 g/mol. The maximum absolute atomic E-state index is 11.4. The number of hydrogen-bond donors (Lipinski definition) is 1. The number of methoxy groups -OCH3 is 2. The molecule has 1 unspecified atom stereocenters. The number of carbonyl (C=O) groups is 1. The van der Waals surface area contributed by atoms with Crippen molar-refractivity contribution in [3.63, 3.8) is 0 Å². The van der Waals surface area contributed by atoms with E-state index in [4.69, 9.17) is 9.47 Å². The summed E-state index contributed by atoms with van der Waals surface area (Å²) in [6, 6.07) is 5.33. The summed E-state index contributed by atoms with van der Waals surface area (Å²) in [5.41, 5.74) is 0.987. The molecule has 0 amide bonds. The number of carbonyl (C=O) groups excluding carboxylic acids is 1. The molecule has 0 saturated carbocycles. The number of benzene rings is 1. The Kier molecular flexibility index (Phi) is 5.67. The van der Waals surface area contributed by atoms with E-state index in [1.54, 1.807) is 12.1 Å². The van der Waals surface area contributed by atoms with Gasteiger partial charge < -0.3 is 14.6 Å². The van der Waals surface area contributed by atoms with Crippen molar-refractivity contribution in [3.05, 3.63) is 23.8 Å². The first-order valence-electron chi connectivity index (χ1n) is 6.40. The van der Waals surface area contributed by atoms with Crippen LogP contribution in [0.4, 0.5) is 0 Å². The van der Waals surface area contributed by atoms with E-state index in [0.717, 1.165) is 12.0 Å². The van der Waals surface area contributed by atoms with Gasteiger partial charge in [-0.25, -0.2) is 0 Å². The number of phenolic OH excluding ortho intramolecular Hbond substituents is 1. The van der Waals surface area contributed by atoms with Gasteiger partial charge in [-0.3, -0.25) is 4.79 Å². The van der Waals surface area contributed by atoms with Crippen molar-refractivity contribution in [1.29, 1.82) is 0 Å². The van der Waals surface area contributed by atoms with Gasteiger partial charge in [0.1, 0.15) is 0 Å². The van der Waals surface area contributed by atoms with E-state index in [1.807, 2.05) is 6.07 Å². The van der Waals surface area contributed by atoms with Crippen LogP contribution in [-0.2, 0) is 16.0 Å². The third kappa shape index (κ3) is 4.47. The fraction of sp³-hybridized carbons (Fsp3) is 0.533. The quantitative estimate of drug-likeness (QED) is 0.804. The van der Waals surface area contributed by atoms with Crippen molar-refractivity contribution in [2.24, 2.45) is 11.8 Å². The molecule has 0 aliphatic rings. The van der Waals surface area contributed by atoms with E-state index >= 15 is 0 Å². The molecule has 4 nitrogen and oxygen atoms in total. The van der Waals surface area contributed by atoms with E-state index in [-0.39, 0.29) is 17.6 Å². The molecule has 0 aliphatic heterocycles. The second-order valence-corrected chi connectivity index (χ2v) is 4.99. The molecule has 4 heteroatoms. The van der Waals surface area contributed by atoms with Crippen LogP contribution in [0.2, 0.25) is 0 Å². The molecule has 1 atom stereocenters. The monoisotopic (exact) mass is 266 g/mol. The van der Waals surface area contributed by atoms with Crippen LogP contribution < -0.4 is 4.74 Å². The number of ether oxygens (including phenoxy) is 2. The van der Waals surface area contributed by atoms with Gasteiger partial charge in [0.15, 0.2) is 11.5 Å². The summed E-state index contributed by atoms with van der Waals surface area (Å²) in [5, 5.41) is 9.75. The maximum Gasteiger partial charge on any atom is 0.305 e. The highest BCUT2D eigenvalue weighted by Crippen LogP contribution is 2.29. The van der Waals surface area contributed by atoms with Crippen LogP contribution >= 0.6 is 0 Å². The smallest absolute Gasteiger partial charge is 0.305 e. The molecule has 0 aromatic heterocycles. The van der Waals surface area contributed by atoms with Gasteiger partial charge in [0.05, 0.1) is 14.2 Å². The van der Waals surface area contributed by atoms with Gasteiger partial charge in [0, 0.05) is 6.42 Å². The molecule has 1 aromatic rings. The second kappa shape index (κ2) is 7.02. The molecule has 1 N–H and O–H groups in total. The van der Waals surface area contributed by atoms with Gasteiger partial charge in [-0.15, -0.1) is 0 Å². The Labute approximate surface area is 114 Å². The van der Waals surface area contributed by atoms with E-state index in [2.05, 4.69) is 13.8 Å². The zero-order valence-electron chi connectivity index (χ0n) is 12.0. The summed E-state index contributed by atoms with van der Waals surface area (Å²) in [4.78, 5) is 11.4. The number of rotatable bonds is 6. The lowest BCUT2D eigenvalue weighted by atomic mass is 9.86. The van der Waals surface area contributed by atoms with E-state index in [0.29, 0.717) is 18.1 Å². The molecule has 0 spiro atoms. The zero-order chi connectivity index (χ0) is 14.4. The topological polar surface area (TPSA) is 55.8 Å². The van der Waals surface area contributed by atoms with Crippen molar-refractivity contribution < 1.29 is 19.4 Å². The number of aromatic hydroxyl groups is 1. The third-order valence-corrected chi connectivity index (χ3v) is 3.34. The van der Waals surface area contributed by atoms with Crippen molar-refractivity contribution in [3.8, 4) is 11.5 Å². The van der Waals surface area contributed by atoms with Crippen LogP contribution in [0.1, 0.15) is 25.8 Å². The lowest BCUT2D eigenvalue weighted by Gasteiger charge is -2.20. The molecular formula is C15H22O4. The minimum Gasteiger partial charge on any atom is -0.504 e. The molecule has 0 bridgehead atoms. The first kappa shape index (κ1) is 15.3. The largest absolute Gasteiger partial charge is 0.504 e. The first-order valence-corrected chi connectivity index (χ1v) is 6.40. The van der Waals surface area contributed by atoms with Gasteiger partial charge in [-0.05, 0) is 36.0 Å². The summed E-state index contributed by atoms with van der Waals surface area (Å²) < 4.78 is 9.73. The third-order valence-electron chi connectivity index (χ3n) is 3.34. The van der Waals surface area contributed by atoms with E-state index in [1.165, 1.54) is 14.2 Å².